The van der Waals surface area contributed by atoms with Gasteiger partial charge in [0.25, 0.3) is 0 Å². The van der Waals surface area contributed by atoms with E-state index in [1.165, 1.54) is 39.2 Å². The van der Waals surface area contributed by atoms with Crippen molar-refractivity contribution in [3.05, 3.63) is 0 Å². The van der Waals surface area contributed by atoms with Crippen LogP contribution in [0, 0.1) is 0 Å². The first-order chi connectivity index (χ1) is 8.17. The molecule has 0 amide bonds. The van der Waals surface area contributed by atoms with Crippen molar-refractivity contribution < 1.29 is 9.53 Å². The molecule has 0 aromatic carbocycles. The number of nitrogens with one attached hydrogen (secondary N) is 1. The Bertz CT molecular complexity index is 229. The molecule has 1 rings (SSSR count). The predicted molar refractivity (Wildman–Crippen MR) is 69.0 cm³/mol. The monoisotopic (exact) mass is 242 g/mol. The molecule has 1 aliphatic carbocycles. The second-order valence-corrected chi connectivity index (χ2v) is 4.99. The molecule has 0 saturated heterocycles. The lowest BCUT2D eigenvalue weighted by atomic mass is 10.2. The number of carbonyl (C=O) groups is 1. The molecule has 100 valence electrons. The van der Waals surface area contributed by atoms with E-state index in [-0.39, 0.29) is 12.0 Å². The number of hydrogen-bond donors (Lipinski definition) is 1. The molecule has 0 radical (unpaired) electrons. The molecule has 4 nitrogen and oxygen atoms in total. The van der Waals surface area contributed by atoms with Crippen LogP contribution in [0.5, 0.6) is 0 Å². The largest absolute Gasteiger partial charge is 0.468 e. The third-order valence-corrected chi connectivity index (χ3v) is 3.14. The molecule has 1 fully saturated rings. The molecule has 0 aromatic rings. The van der Waals surface area contributed by atoms with Gasteiger partial charge in [0.15, 0.2) is 0 Å². The van der Waals surface area contributed by atoms with E-state index in [9.17, 15) is 4.79 Å². The van der Waals surface area contributed by atoms with Crippen LogP contribution in [0.4, 0.5) is 0 Å². The summed E-state index contributed by atoms with van der Waals surface area (Å²) in [5.41, 5.74) is 0. The summed E-state index contributed by atoms with van der Waals surface area (Å²) in [5.74, 6) is -0.140. The van der Waals surface area contributed by atoms with E-state index in [1.807, 2.05) is 0 Å². The van der Waals surface area contributed by atoms with Gasteiger partial charge in [-0.15, -0.1) is 0 Å². The van der Waals surface area contributed by atoms with Crippen LogP contribution in [0.25, 0.3) is 0 Å². The van der Waals surface area contributed by atoms with Gasteiger partial charge >= 0.3 is 5.97 Å². The molecule has 0 aromatic heterocycles. The Hall–Kier alpha value is -0.610. The smallest absolute Gasteiger partial charge is 0.324 e. The standard InChI is InChI=1S/C13H26N2O2/c1-4-5-6-9-15(2)10-12(13(16)17-3)14-11-7-8-11/h11-12,14H,4-10H2,1-3H3. The number of hydrogen-bond acceptors (Lipinski definition) is 4. The number of ether oxygens (including phenoxy) is 1. The van der Waals surface area contributed by atoms with Crippen molar-refractivity contribution in [3.8, 4) is 0 Å². The van der Waals surface area contributed by atoms with Gasteiger partial charge in [0, 0.05) is 12.6 Å². The minimum absolute atomic E-state index is 0.140. The number of nitrogens with zero attached hydrogens (tertiary/aromatic N) is 1. The van der Waals surface area contributed by atoms with E-state index in [0.29, 0.717) is 6.04 Å². The van der Waals surface area contributed by atoms with Gasteiger partial charge in [0.05, 0.1) is 7.11 Å². The van der Waals surface area contributed by atoms with Gasteiger partial charge in [-0.1, -0.05) is 19.8 Å². The summed E-state index contributed by atoms with van der Waals surface area (Å²) in [7, 11) is 3.53. The maximum Gasteiger partial charge on any atom is 0.324 e. The van der Waals surface area contributed by atoms with Crippen LogP contribution in [0.15, 0.2) is 0 Å². The maximum absolute atomic E-state index is 11.6. The minimum Gasteiger partial charge on any atom is -0.468 e. The topological polar surface area (TPSA) is 41.6 Å². The summed E-state index contributed by atoms with van der Waals surface area (Å²) >= 11 is 0. The summed E-state index contributed by atoms with van der Waals surface area (Å²) in [6.07, 6.45) is 6.06. The number of methoxy groups -OCH3 is 1. The molecule has 1 atom stereocenters. The molecule has 0 bridgehead atoms. The molecule has 1 unspecified atom stereocenters. The Kier molecular flexibility index (Phi) is 6.52. The molecular formula is C13H26N2O2. The van der Waals surface area contributed by atoms with Crippen molar-refractivity contribution in [1.29, 1.82) is 0 Å². The average molecular weight is 242 g/mol. The molecular weight excluding hydrogens is 216 g/mol. The van der Waals surface area contributed by atoms with E-state index in [0.717, 1.165) is 13.1 Å². The number of unbranched alkanes of at least 4 members (excludes halogenated alkanes) is 2. The van der Waals surface area contributed by atoms with Gasteiger partial charge in [-0.2, -0.15) is 0 Å². The molecule has 1 aliphatic rings. The first-order valence-electron chi connectivity index (χ1n) is 6.69. The summed E-state index contributed by atoms with van der Waals surface area (Å²) in [6.45, 7) is 3.99. The zero-order valence-corrected chi connectivity index (χ0v) is 11.4. The van der Waals surface area contributed by atoms with Crippen LogP contribution in [0.3, 0.4) is 0 Å². The van der Waals surface area contributed by atoms with E-state index in [2.05, 4.69) is 24.2 Å². The molecule has 4 heteroatoms. The van der Waals surface area contributed by atoms with Crippen molar-refractivity contribution in [3.63, 3.8) is 0 Å². The fourth-order valence-corrected chi connectivity index (χ4v) is 1.91. The summed E-state index contributed by atoms with van der Waals surface area (Å²) in [5, 5.41) is 3.35. The van der Waals surface area contributed by atoms with Gasteiger partial charge in [0.2, 0.25) is 0 Å². The Balaban J connectivity index is 2.27. The van der Waals surface area contributed by atoms with Gasteiger partial charge in [-0.25, -0.2) is 0 Å². The summed E-state index contributed by atoms with van der Waals surface area (Å²) in [6, 6.07) is 0.363. The third kappa shape index (κ3) is 6.03. The Morgan fingerprint density at radius 2 is 2.18 bits per heavy atom. The fraction of sp³-hybridized carbons (Fsp3) is 0.923. The van der Waals surface area contributed by atoms with Crippen molar-refractivity contribution in [1.82, 2.24) is 10.2 Å². The van der Waals surface area contributed by atoms with E-state index in [4.69, 9.17) is 4.74 Å². The fourth-order valence-electron chi connectivity index (χ4n) is 1.91. The van der Waals surface area contributed by atoms with E-state index >= 15 is 0 Å². The lowest BCUT2D eigenvalue weighted by Gasteiger charge is -2.23. The predicted octanol–water partition coefficient (Wildman–Crippen LogP) is 1.40. The molecule has 0 spiro atoms. The molecule has 0 heterocycles. The highest BCUT2D eigenvalue weighted by molar-refractivity contribution is 5.76. The number of likely N-dealkylation sites (N-methyl/N-ethyl adjacent to an activating group) is 1. The molecule has 1 N–H and O–H groups in total. The van der Waals surface area contributed by atoms with E-state index < -0.39 is 0 Å². The lowest BCUT2D eigenvalue weighted by molar-refractivity contribution is -0.143. The highest BCUT2D eigenvalue weighted by atomic mass is 16.5. The zero-order valence-electron chi connectivity index (χ0n) is 11.4. The Morgan fingerprint density at radius 1 is 1.47 bits per heavy atom. The van der Waals surface area contributed by atoms with Gasteiger partial charge < -0.3 is 15.0 Å². The highest BCUT2D eigenvalue weighted by Gasteiger charge is 2.29. The van der Waals surface area contributed by atoms with Crippen LogP contribution in [-0.4, -0.2) is 50.2 Å². The first kappa shape index (κ1) is 14.5. The van der Waals surface area contributed by atoms with Gasteiger partial charge in [-0.3, -0.25) is 4.79 Å². The average Bonchev–Trinajstić information content (AvgIpc) is 3.11. The maximum atomic E-state index is 11.6. The van der Waals surface area contributed by atoms with Crippen LogP contribution >= 0.6 is 0 Å². The molecule has 1 saturated carbocycles. The first-order valence-corrected chi connectivity index (χ1v) is 6.69. The molecule has 0 aliphatic heterocycles. The Labute approximate surface area is 105 Å². The van der Waals surface area contributed by atoms with Crippen LogP contribution < -0.4 is 5.32 Å². The van der Waals surface area contributed by atoms with Crippen LogP contribution in [0.2, 0.25) is 0 Å². The SMILES string of the molecule is CCCCCN(C)CC(NC1CC1)C(=O)OC. The van der Waals surface area contributed by atoms with Gasteiger partial charge in [-0.05, 0) is 32.9 Å². The summed E-state index contributed by atoms with van der Waals surface area (Å²) < 4.78 is 4.84. The second kappa shape index (κ2) is 7.67. The zero-order chi connectivity index (χ0) is 12.7. The summed E-state index contributed by atoms with van der Waals surface area (Å²) in [4.78, 5) is 13.8. The number of carbonyl (C=O) groups excluding carboxylic acids is 1. The number of esters is 1. The van der Waals surface area contributed by atoms with Crippen molar-refractivity contribution in [2.75, 3.05) is 27.2 Å². The molecule has 17 heavy (non-hydrogen) atoms. The van der Waals surface area contributed by atoms with E-state index in [1.54, 1.807) is 0 Å². The van der Waals surface area contributed by atoms with Crippen LogP contribution in [0.1, 0.15) is 39.0 Å². The minimum atomic E-state index is -0.167. The van der Waals surface area contributed by atoms with Crippen molar-refractivity contribution in [2.45, 2.75) is 51.1 Å². The van der Waals surface area contributed by atoms with Gasteiger partial charge in [0.1, 0.15) is 6.04 Å². The quantitative estimate of drug-likeness (QED) is 0.490. The third-order valence-electron chi connectivity index (χ3n) is 3.14. The second-order valence-electron chi connectivity index (χ2n) is 4.99. The van der Waals surface area contributed by atoms with Crippen molar-refractivity contribution in [2.24, 2.45) is 0 Å². The van der Waals surface area contributed by atoms with Crippen molar-refractivity contribution >= 4 is 5.97 Å². The normalized spacial score (nSPS) is 17.2. The lowest BCUT2D eigenvalue weighted by Crippen LogP contribution is -2.46. The highest BCUT2D eigenvalue weighted by Crippen LogP contribution is 2.19. The van der Waals surface area contributed by atoms with Crippen LogP contribution in [-0.2, 0) is 9.53 Å². The number of rotatable bonds is 9. The Morgan fingerprint density at radius 3 is 2.71 bits per heavy atom.